The van der Waals surface area contributed by atoms with Crippen molar-refractivity contribution in [2.45, 2.75) is 75.5 Å². The average Bonchev–Trinajstić information content (AvgIpc) is 3.46. The first-order valence-electron chi connectivity index (χ1n) is 10.5. The Morgan fingerprint density at radius 3 is 2.41 bits per heavy atom. The van der Waals surface area contributed by atoms with Crippen LogP contribution in [0.3, 0.4) is 0 Å². The topological polar surface area (TPSA) is 33.1 Å². The van der Waals surface area contributed by atoms with Gasteiger partial charge in [0.15, 0.2) is 5.11 Å². The Kier molecular flexibility index (Phi) is 4.64. The molecule has 4 nitrogen and oxygen atoms in total. The van der Waals surface area contributed by atoms with Gasteiger partial charge in [-0.25, -0.2) is 0 Å². The minimum absolute atomic E-state index is 0.124. The summed E-state index contributed by atoms with van der Waals surface area (Å²) in [5.41, 5.74) is 2.45. The van der Waals surface area contributed by atoms with E-state index in [2.05, 4.69) is 50.4 Å². The van der Waals surface area contributed by atoms with Gasteiger partial charge in [0, 0.05) is 30.7 Å². The Bertz CT molecular complexity index is 790. The largest absolute Gasteiger partial charge is 0.352 e. The Morgan fingerprint density at radius 2 is 1.70 bits per heavy atom. The van der Waals surface area contributed by atoms with Crippen LogP contribution in [-0.2, 0) is 0 Å². The molecule has 5 heteroatoms. The maximum atomic E-state index is 5.83. The molecule has 3 aliphatic rings. The molecule has 1 saturated heterocycles. The van der Waals surface area contributed by atoms with Gasteiger partial charge in [-0.05, 0) is 61.7 Å². The summed E-state index contributed by atoms with van der Waals surface area (Å²) in [6, 6.07) is 10.1. The number of aromatic nitrogens is 2. The predicted molar refractivity (Wildman–Crippen MR) is 111 cm³/mol. The summed E-state index contributed by atoms with van der Waals surface area (Å²) in [6.45, 7) is 0. The van der Waals surface area contributed by atoms with Gasteiger partial charge >= 0.3 is 0 Å². The van der Waals surface area contributed by atoms with Crippen LogP contribution in [0.4, 0.5) is 0 Å². The number of nitrogens with one attached hydrogen (secondary N) is 1. The summed E-state index contributed by atoms with van der Waals surface area (Å²) in [7, 11) is 0. The Hall–Kier alpha value is -1.88. The lowest BCUT2D eigenvalue weighted by Gasteiger charge is -2.32. The molecule has 1 N–H and O–H groups in total. The van der Waals surface area contributed by atoms with E-state index >= 15 is 0 Å². The van der Waals surface area contributed by atoms with Crippen LogP contribution in [0.15, 0.2) is 42.9 Å². The second-order valence-corrected chi connectivity index (χ2v) is 8.69. The fourth-order valence-corrected chi connectivity index (χ4v) is 5.72. The first kappa shape index (κ1) is 17.2. The molecule has 0 aromatic carbocycles. The molecule has 0 unspecified atom stereocenters. The molecule has 3 heterocycles. The molecule has 0 radical (unpaired) electrons. The van der Waals surface area contributed by atoms with Crippen LogP contribution in [0.5, 0.6) is 0 Å². The second kappa shape index (κ2) is 7.27. The van der Waals surface area contributed by atoms with Crippen LogP contribution in [0.1, 0.15) is 80.7 Å². The zero-order valence-corrected chi connectivity index (χ0v) is 16.6. The van der Waals surface area contributed by atoms with Crippen LogP contribution < -0.4 is 5.32 Å². The highest BCUT2D eigenvalue weighted by Crippen LogP contribution is 2.43. The van der Waals surface area contributed by atoms with Gasteiger partial charge in [-0.2, -0.15) is 0 Å². The number of pyridine rings is 1. The number of hydrogen-bond acceptors (Lipinski definition) is 2. The quantitative estimate of drug-likeness (QED) is 0.764. The van der Waals surface area contributed by atoms with E-state index in [0.717, 1.165) is 10.8 Å². The monoisotopic (exact) mass is 380 g/mol. The summed E-state index contributed by atoms with van der Waals surface area (Å²) in [4.78, 5) is 7.16. The summed E-state index contributed by atoms with van der Waals surface area (Å²) in [6.07, 6.45) is 17.0. The van der Waals surface area contributed by atoms with E-state index in [4.69, 9.17) is 12.2 Å². The van der Waals surface area contributed by atoms with Crippen molar-refractivity contribution in [1.82, 2.24) is 19.8 Å². The molecule has 3 fully saturated rings. The van der Waals surface area contributed by atoms with Crippen molar-refractivity contribution in [1.29, 1.82) is 0 Å². The smallest absolute Gasteiger partial charge is 0.170 e. The van der Waals surface area contributed by atoms with Crippen molar-refractivity contribution in [3.05, 3.63) is 54.1 Å². The standard InChI is InChI=1S/C22H28N4S/c27-22-24-20(19-11-5-6-13-23-19)21(26(22)18-9-3-4-10-18)16-12-14-25(15-16)17-7-1-2-8-17/h5-6,11-15,17-18,20-21H,1-4,7-10H2,(H,24,27)/t20-,21-/m1/s1. The van der Waals surface area contributed by atoms with Crippen molar-refractivity contribution < 1.29 is 0 Å². The third-order valence-corrected chi connectivity index (χ3v) is 7.01. The van der Waals surface area contributed by atoms with Crippen molar-refractivity contribution >= 4 is 17.3 Å². The van der Waals surface area contributed by atoms with Crippen LogP contribution >= 0.6 is 12.2 Å². The van der Waals surface area contributed by atoms with Gasteiger partial charge in [-0.3, -0.25) is 4.98 Å². The number of rotatable bonds is 4. The summed E-state index contributed by atoms with van der Waals surface area (Å²) in [5, 5.41) is 4.51. The highest BCUT2D eigenvalue weighted by Gasteiger charge is 2.43. The molecular weight excluding hydrogens is 352 g/mol. The molecule has 1 aliphatic heterocycles. The number of hydrogen-bond donors (Lipinski definition) is 1. The number of thiocarbonyl (C=S) groups is 1. The van der Waals surface area contributed by atoms with E-state index in [-0.39, 0.29) is 12.1 Å². The number of nitrogens with zero attached hydrogens (tertiary/aromatic N) is 3. The van der Waals surface area contributed by atoms with E-state index in [1.807, 2.05) is 12.3 Å². The van der Waals surface area contributed by atoms with E-state index in [1.165, 1.54) is 56.9 Å². The molecule has 0 amide bonds. The molecule has 0 bridgehead atoms. The van der Waals surface area contributed by atoms with Crippen LogP contribution in [0.25, 0.3) is 0 Å². The molecule has 2 atom stereocenters. The Labute approximate surface area is 167 Å². The van der Waals surface area contributed by atoms with Gasteiger partial charge in [-0.1, -0.05) is 31.7 Å². The molecule has 142 valence electrons. The average molecular weight is 381 g/mol. The highest BCUT2D eigenvalue weighted by atomic mass is 32.1. The molecule has 5 rings (SSSR count). The minimum Gasteiger partial charge on any atom is -0.352 e. The first-order valence-corrected chi connectivity index (χ1v) is 10.9. The van der Waals surface area contributed by atoms with E-state index in [9.17, 15) is 0 Å². The SMILES string of the molecule is S=C1N[C@H](c2ccccn2)[C@@H](c2ccn(C3CCCC3)c2)N1C1CCCC1. The molecule has 2 aliphatic carbocycles. The summed E-state index contributed by atoms with van der Waals surface area (Å²) in [5.74, 6) is 0. The highest BCUT2D eigenvalue weighted by molar-refractivity contribution is 7.80. The minimum atomic E-state index is 0.124. The Balaban J connectivity index is 1.51. The van der Waals surface area contributed by atoms with Gasteiger partial charge in [0.2, 0.25) is 0 Å². The van der Waals surface area contributed by atoms with Gasteiger partial charge in [0.1, 0.15) is 0 Å². The van der Waals surface area contributed by atoms with Gasteiger partial charge in [-0.15, -0.1) is 0 Å². The lowest BCUT2D eigenvalue weighted by atomic mass is 9.97. The van der Waals surface area contributed by atoms with Crippen molar-refractivity contribution in [3.8, 4) is 0 Å². The molecule has 0 spiro atoms. The zero-order valence-electron chi connectivity index (χ0n) is 15.8. The molecule has 2 saturated carbocycles. The van der Waals surface area contributed by atoms with Crippen LogP contribution in [0.2, 0.25) is 0 Å². The fourth-order valence-electron chi connectivity index (χ4n) is 5.33. The lowest BCUT2D eigenvalue weighted by Crippen LogP contribution is -2.37. The lowest BCUT2D eigenvalue weighted by molar-refractivity contribution is 0.245. The zero-order chi connectivity index (χ0) is 18.2. The summed E-state index contributed by atoms with van der Waals surface area (Å²) < 4.78 is 2.45. The fraction of sp³-hybridized carbons (Fsp3) is 0.545. The maximum absolute atomic E-state index is 5.83. The Morgan fingerprint density at radius 1 is 0.963 bits per heavy atom. The first-order chi connectivity index (χ1) is 13.3. The summed E-state index contributed by atoms with van der Waals surface area (Å²) >= 11 is 5.83. The van der Waals surface area contributed by atoms with E-state index in [0.29, 0.717) is 12.1 Å². The molecule has 2 aromatic rings. The van der Waals surface area contributed by atoms with Crippen molar-refractivity contribution in [3.63, 3.8) is 0 Å². The third kappa shape index (κ3) is 3.16. The van der Waals surface area contributed by atoms with Crippen LogP contribution in [-0.4, -0.2) is 25.6 Å². The van der Waals surface area contributed by atoms with E-state index < -0.39 is 0 Å². The third-order valence-electron chi connectivity index (χ3n) is 6.68. The second-order valence-electron chi connectivity index (χ2n) is 8.30. The van der Waals surface area contributed by atoms with E-state index in [1.54, 1.807) is 0 Å². The normalized spacial score (nSPS) is 26.8. The maximum Gasteiger partial charge on any atom is 0.170 e. The predicted octanol–water partition coefficient (Wildman–Crippen LogP) is 4.91. The molecule has 2 aromatic heterocycles. The molecule has 27 heavy (non-hydrogen) atoms. The van der Waals surface area contributed by atoms with Crippen molar-refractivity contribution in [2.24, 2.45) is 0 Å². The van der Waals surface area contributed by atoms with Crippen molar-refractivity contribution in [2.75, 3.05) is 0 Å². The van der Waals surface area contributed by atoms with Gasteiger partial charge in [0.25, 0.3) is 0 Å². The van der Waals surface area contributed by atoms with Gasteiger partial charge < -0.3 is 14.8 Å². The molecular formula is C22H28N4S. The van der Waals surface area contributed by atoms with Crippen LogP contribution in [0, 0.1) is 0 Å². The van der Waals surface area contributed by atoms with Gasteiger partial charge in [0.05, 0.1) is 17.8 Å².